The molecule has 0 spiro atoms. The van der Waals surface area contributed by atoms with Crippen molar-refractivity contribution in [1.29, 1.82) is 0 Å². The summed E-state index contributed by atoms with van der Waals surface area (Å²) >= 11 is 1.49. The molecule has 12 heteroatoms. The molecule has 184 valence electrons. The largest absolute Gasteiger partial charge is 0.353 e. The van der Waals surface area contributed by atoms with Gasteiger partial charge in [-0.05, 0) is 36.2 Å². The molecule has 3 aliphatic rings. The van der Waals surface area contributed by atoms with Crippen molar-refractivity contribution in [3.63, 3.8) is 0 Å². The summed E-state index contributed by atoms with van der Waals surface area (Å²) in [6.45, 7) is 2.51. The molecule has 2 fully saturated rings. The molecule has 2 N–H and O–H groups in total. The predicted molar refractivity (Wildman–Crippen MR) is 127 cm³/mol. The molecule has 1 saturated carbocycles. The minimum absolute atomic E-state index is 0.198. The number of halogens is 2. The number of rotatable bonds is 5. The summed E-state index contributed by atoms with van der Waals surface area (Å²) in [5, 5.41) is 20.6. The van der Waals surface area contributed by atoms with Crippen molar-refractivity contribution in [2.45, 2.75) is 31.7 Å². The summed E-state index contributed by atoms with van der Waals surface area (Å²) in [6.07, 6.45) is -0.311. The second-order valence-electron chi connectivity index (χ2n) is 9.11. The topological polar surface area (TPSA) is 97.2 Å². The number of hydrogen-bond acceptors (Lipinski definition) is 7. The van der Waals surface area contributed by atoms with Gasteiger partial charge in [0.25, 0.3) is 5.92 Å². The van der Waals surface area contributed by atoms with E-state index in [1.165, 1.54) is 18.8 Å². The second kappa shape index (κ2) is 8.02. The van der Waals surface area contributed by atoms with Crippen LogP contribution >= 0.6 is 11.8 Å². The zero-order chi connectivity index (χ0) is 24.5. The summed E-state index contributed by atoms with van der Waals surface area (Å²) < 4.78 is 54.8. The zero-order valence-corrected chi connectivity index (χ0v) is 20.4. The van der Waals surface area contributed by atoms with Gasteiger partial charge in [0, 0.05) is 50.3 Å². The number of aliphatic hydroxyl groups is 2. The number of alkyl halides is 2. The fourth-order valence-electron chi connectivity index (χ4n) is 4.38. The lowest BCUT2D eigenvalue weighted by Crippen LogP contribution is -2.53. The summed E-state index contributed by atoms with van der Waals surface area (Å²) in [6, 6.07) is 9.04. The molecule has 5 rings (SSSR count). The van der Waals surface area contributed by atoms with Gasteiger partial charge in [-0.2, -0.15) is 20.2 Å². The molecule has 1 aromatic heterocycles. The molecule has 0 amide bonds. The standard InChI is InChI=1S/C22H26F2N4O4S2/c1-14-3-4-15(11-27-7-8-33-13-22(27,29)30)9-17(14)18-5-6-19-20(25-18)26(2)34(31,32)28(19)12-16-10-21(16,23)24/h3-6,9,16,29-30H,7-8,10-13H2,1-2H3. The molecule has 1 aromatic carbocycles. The Morgan fingerprint density at radius 2 is 1.97 bits per heavy atom. The van der Waals surface area contributed by atoms with E-state index >= 15 is 0 Å². The average molecular weight is 513 g/mol. The lowest BCUT2D eigenvalue weighted by Gasteiger charge is -2.38. The Morgan fingerprint density at radius 1 is 1.24 bits per heavy atom. The number of nitrogens with zero attached hydrogens (tertiary/aromatic N) is 4. The molecule has 0 radical (unpaired) electrons. The first-order valence-corrected chi connectivity index (χ1v) is 13.5. The SMILES string of the molecule is Cc1ccc(CN2CCSCC2(O)O)cc1-c1ccc2c(n1)N(C)S(=O)(=O)N2CC1CC1(F)F. The van der Waals surface area contributed by atoms with Crippen LogP contribution in [0.2, 0.25) is 0 Å². The molecular weight excluding hydrogens is 486 g/mol. The van der Waals surface area contributed by atoms with Crippen molar-refractivity contribution in [1.82, 2.24) is 9.88 Å². The predicted octanol–water partition coefficient (Wildman–Crippen LogP) is 2.40. The highest BCUT2D eigenvalue weighted by Crippen LogP contribution is 2.51. The minimum Gasteiger partial charge on any atom is -0.353 e. The van der Waals surface area contributed by atoms with Crippen molar-refractivity contribution < 1.29 is 27.4 Å². The van der Waals surface area contributed by atoms with E-state index in [1.807, 2.05) is 25.1 Å². The molecule has 1 unspecified atom stereocenters. The van der Waals surface area contributed by atoms with E-state index in [0.717, 1.165) is 31.1 Å². The molecule has 3 heterocycles. The van der Waals surface area contributed by atoms with Crippen LogP contribution in [-0.2, 0) is 16.8 Å². The molecule has 1 atom stereocenters. The van der Waals surface area contributed by atoms with Gasteiger partial charge in [-0.3, -0.25) is 0 Å². The van der Waals surface area contributed by atoms with Crippen LogP contribution in [0.15, 0.2) is 30.3 Å². The van der Waals surface area contributed by atoms with E-state index < -0.39 is 28.0 Å². The van der Waals surface area contributed by atoms with E-state index in [9.17, 15) is 27.4 Å². The summed E-state index contributed by atoms with van der Waals surface area (Å²) in [5.41, 5.74) is 3.40. The monoisotopic (exact) mass is 512 g/mol. The Kier molecular flexibility index (Phi) is 5.60. The number of fused-ring (bicyclic) bond motifs is 1. The third-order valence-corrected chi connectivity index (χ3v) is 9.48. The highest BCUT2D eigenvalue weighted by molar-refractivity contribution is 7.99. The van der Waals surface area contributed by atoms with Crippen LogP contribution in [-0.4, -0.2) is 72.0 Å². The van der Waals surface area contributed by atoms with Crippen molar-refractivity contribution in [2.24, 2.45) is 5.92 Å². The van der Waals surface area contributed by atoms with Crippen molar-refractivity contribution in [3.8, 4) is 11.3 Å². The van der Waals surface area contributed by atoms with E-state index in [0.29, 0.717) is 24.5 Å². The fourth-order valence-corrected chi connectivity index (χ4v) is 6.74. The Morgan fingerprint density at radius 3 is 2.65 bits per heavy atom. The highest BCUT2D eigenvalue weighted by atomic mass is 32.2. The molecule has 2 aliphatic heterocycles. The second-order valence-corrected chi connectivity index (χ2v) is 12.1. The number of anilines is 2. The maximum atomic E-state index is 13.5. The lowest BCUT2D eigenvalue weighted by molar-refractivity contribution is -0.250. The number of thioether (sulfide) groups is 1. The number of hydrogen-bond donors (Lipinski definition) is 2. The fraction of sp³-hybridized carbons (Fsp3) is 0.500. The Bertz CT molecular complexity index is 1240. The highest BCUT2D eigenvalue weighted by Gasteiger charge is 2.59. The van der Waals surface area contributed by atoms with Crippen LogP contribution in [0, 0.1) is 12.8 Å². The van der Waals surface area contributed by atoms with Gasteiger partial charge in [-0.15, -0.1) is 0 Å². The van der Waals surface area contributed by atoms with Gasteiger partial charge in [0.2, 0.25) is 5.91 Å². The van der Waals surface area contributed by atoms with Gasteiger partial charge in [0.1, 0.15) is 0 Å². The lowest BCUT2D eigenvalue weighted by atomic mass is 10.0. The van der Waals surface area contributed by atoms with Crippen LogP contribution in [0.4, 0.5) is 20.3 Å². The van der Waals surface area contributed by atoms with Gasteiger partial charge >= 0.3 is 10.2 Å². The van der Waals surface area contributed by atoms with Crippen LogP contribution in [0.1, 0.15) is 17.5 Å². The molecular formula is C22H26F2N4O4S2. The smallest absolute Gasteiger partial charge is 0.327 e. The molecule has 2 aromatic rings. The Balaban J connectivity index is 1.45. The Hall–Kier alpha value is -1.99. The summed E-state index contributed by atoms with van der Waals surface area (Å²) in [4.78, 5) is 6.20. The molecule has 8 nitrogen and oxygen atoms in total. The number of aromatic nitrogens is 1. The first kappa shape index (κ1) is 23.7. The maximum Gasteiger partial charge on any atom is 0.327 e. The third-order valence-electron chi connectivity index (χ3n) is 6.65. The van der Waals surface area contributed by atoms with E-state index in [2.05, 4.69) is 4.98 Å². The summed E-state index contributed by atoms with van der Waals surface area (Å²) in [7, 11) is -2.60. The Labute approximate surface area is 201 Å². The van der Waals surface area contributed by atoms with Crippen LogP contribution in [0.3, 0.4) is 0 Å². The molecule has 34 heavy (non-hydrogen) atoms. The van der Waals surface area contributed by atoms with Crippen LogP contribution in [0.25, 0.3) is 11.3 Å². The molecule has 0 bridgehead atoms. The number of benzene rings is 1. The van der Waals surface area contributed by atoms with E-state index in [-0.39, 0.29) is 24.5 Å². The van der Waals surface area contributed by atoms with Crippen molar-refractivity contribution in [2.75, 3.05) is 40.3 Å². The van der Waals surface area contributed by atoms with Crippen molar-refractivity contribution >= 4 is 33.5 Å². The number of aryl methyl sites for hydroxylation is 1. The third kappa shape index (κ3) is 4.05. The van der Waals surface area contributed by atoms with E-state index in [1.54, 1.807) is 17.0 Å². The van der Waals surface area contributed by atoms with E-state index in [4.69, 9.17) is 0 Å². The van der Waals surface area contributed by atoms with Gasteiger partial charge in [-0.1, -0.05) is 12.1 Å². The molecule has 1 aliphatic carbocycles. The zero-order valence-electron chi connectivity index (χ0n) is 18.8. The quantitative estimate of drug-likeness (QED) is 0.594. The molecule has 1 saturated heterocycles. The number of pyridine rings is 1. The minimum atomic E-state index is -3.97. The summed E-state index contributed by atoms with van der Waals surface area (Å²) in [5.74, 6) is -4.48. The first-order chi connectivity index (χ1) is 15.9. The van der Waals surface area contributed by atoms with Gasteiger partial charge in [0.15, 0.2) is 5.82 Å². The van der Waals surface area contributed by atoms with Crippen LogP contribution in [0.5, 0.6) is 0 Å². The van der Waals surface area contributed by atoms with Gasteiger partial charge in [0.05, 0.1) is 17.1 Å². The average Bonchev–Trinajstić information content (AvgIpc) is 3.33. The van der Waals surface area contributed by atoms with Gasteiger partial charge in [-0.25, -0.2) is 27.3 Å². The van der Waals surface area contributed by atoms with Gasteiger partial charge < -0.3 is 10.2 Å². The van der Waals surface area contributed by atoms with Crippen LogP contribution < -0.4 is 8.61 Å². The first-order valence-electron chi connectivity index (χ1n) is 10.9. The van der Waals surface area contributed by atoms with Crippen molar-refractivity contribution in [3.05, 3.63) is 41.5 Å². The normalized spacial score (nSPS) is 24.8. The maximum absolute atomic E-state index is 13.5.